The van der Waals surface area contributed by atoms with Crippen LogP contribution in [0, 0.1) is 44.6 Å². The van der Waals surface area contributed by atoms with Gasteiger partial charge in [0.05, 0.1) is 34.5 Å². The van der Waals surface area contributed by atoms with Crippen LogP contribution in [-0.2, 0) is 11.2 Å². The molecular formula is C27H31N3O5. The lowest BCUT2D eigenvalue weighted by Crippen LogP contribution is -2.57. The molecule has 2 aromatic rings. The number of non-ortho nitro benzene ring substituents is 1. The number of aliphatic carboxylic acids is 1. The summed E-state index contributed by atoms with van der Waals surface area (Å²) in [6.07, 6.45) is 8.29. The summed E-state index contributed by atoms with van der Waals surface area (Å²) in [5.74, 6) is -0.381. The van der Waals surface area contributed by atoms with Gasteiger partial charge in [-0.3, -0.25) is 14.9 Å². The number of hydrogen-bond donors (Lipinski definition) is 2. The number of nitro groups is 1. The summed E-state index contributed by atoms with van der Waals surface area (Å²) in [5, 5.41) is 37.3. The Morgan fingerprint density at radius 2 is 2.06 bits per heavy atom. The summed E-state index contributed by atoms with van der Waals surface area (Å²) in [5.41, 5.74) is 3.47. The number of carboxylic acids is 1. The highest BCUT2D eigenvalue weighted by Gasteiger charge is 2.63. The van der Waals surface area contributed by atoms with Crippen molar-refractivity contribution in [2.24, 2.45) is 34.5 Å². The van der Waals surface area contributed by atoms with Gasteiger partial charge in [0.2, 0.25) is 0 Å². The molecule has 1 heterocycles. The Morgan fingerprint density at radius 1 is 1.26 bits per heavy atom. The van der Waals surface area contributed by atoms with Crippen molar-refractivity contribution < 1.29 is 19.9 Å². The number of fused-ring (bicyclic) bond motifs is 6. The highest BCUT2D eigenvalue weighted by Crippen LogP contribution is 2.66. The molecule has 0 radical (unpaired) electrons. The molecule has 1 aromatic heterocycles. The molecule has 0 aliphatic heterocycles. The second-order valence-electron chi connectivity index (χ2n) is 11.6. The molecule has 8 heteroatoms. The first kappa shape index (κ1) is 22.5. The maximum absolute atomic E-state index is 12.0. The van der Waals surface area contributed by atoms with Gasteiger partial charge in [-0.05, 0) is 84.8 Å². The monoisotopic (exact) mass is 477 g/mol. The molecule has 8 nitrogen and oxygen atoms in total. The molecule has 184 valence electrons. The molecule has 7 unspecified atom stereocenters. The first-order chi connectivity index (χ1) is 16.6. The molecule has 4 aliphatic rings. The van der Waals surface area contributed by atoms with Crippen molar-refractivity contribution >= 4 is 17.7 Å². The molecular weight excluding hydrogens is 446 g/mol. The lowest BCUT2D eigenvalue weighted by Gasteiger charge is -2.59. The Labute approximate surface area is 203 Å². The smallest absolute Gasteiger partial charge is 0.307 e. The van der Waals surface area contributed by atoms with Crippen molar-refractivity contribution in [3.63, 3.8) is 0 Å². The summed E-state index contributed by atoms with van der Waals surface area (Å²) in [4.78, 5) is 22.9. The largest absolute Gasteiger partial charge is 0.481 e. The summed E-state index contributed by atoms with van der Waals surface area (Å²) >= 11 is 0. The molecule has 0 bridgehead atoms. The van der Waals surface area contributed by atoms with E-state index < -0.39 is 17.0 Å². The van der Waals surface area contributed by atoms with Gasteiger partial charge in [0.15, 0.2) is 0 Å². The van der Waals surface area contributed by atoms with Crippen molar-refractivity contribution in [2.75, 3.05) is 0 Å². The minimum Gasteiger partial charge on any atom is -0.481 e. The fourth-order valence-corrected chi connectivity index (χ4v) is 8.53. The first-order valence-corrected chi connectivity index (χ1v) is 12.6. The van der Waals surface area contributed by atoms with Gasteiger partial charge >= 0.3 is 5.97 Å². The topological polar surface area (TPSA) is 118 Å². The second-order valence-corrected chi connectivity index (χ2v) is 11.6. The van der Waals surface area contributed by atoms with E-state index in [-0.39, 0.29) is 28.4 Å². The van der Waals surface area contributed by atoms with E-state index in [1.165, 1.54) is 11.6 Å². The Kier molecular flexibility index (Phi) is 4.81. The van der Waals surface area contributed by atoms with E-state index in [4.69, 9.17) is 0 Å². The third-order valence-electron chi connectivity index (χ3n) is 10.0. The fourth-order valence-electron chi connectivity index (χ4n) is 8.53. The standard InChI is InChI=1S/C27H31N3O5/c1-26-12-15-14-28-29(17-4-3-5-18(11-17)30(34)35)22(15)10-16(26)6-7-19-20-8-9-21(25(32)33)27(20,2)13-23(31)24(19)26/h3-5,10-11,14,19-21,23-24,31H,6-9,12-13H2,1-2H3,(H,32,33). The normalized spacial score (nSPS) is 37.5. The van der Waals surface area contributed by atoms with E-state index in [2.05, 4.69) is 25.0 Å². The Bertz CT molecular complexity index is 1270. The third-order valence-corrected chi connectivity index (χ3v) is 10.0. The molecule has 3 fully saturated rings. The molecule has 4 aliphatic carbocycles. The van der Waals surface area contributed by atoms with Gasteiger partial charge in [0, 0.05) is 12.1 Å². The Balaban J connectivity index is 1.37. The molecule has 0 saturated heterocycles. The zero-order valence-electron chi connectivity index (χ0n) is 20.1. The van der Waals surface area contributed by atoms with Crippen molar-refractivity contribution in [1.29, 1.82) is 0 Å². The van der Waals surface area contributed by atoms with Crippen molar-refractivity contribution in [3.05, 3.63) is 57.4 Å². The highest BCUT2D eigenvalue weighted by molar-refractivity contribution is 5.71. The number of aliphatic hydroxyl groups is 1. The molecule has 7 atom stereocenters. The van der Waals surface area contributed by atoms with E-state index in [9.17, 15) is 25.1 Å². The number of aromatic nitrogens is 2. The van der Waals surface area contributed by atoms with E-state index >= 15 is 0 Å². The van der Waals surface area contributed by atoms with Crippen LogP contribution in [0.5, 0.6) is 0 Å². The van der Waals surface area contributed by atoms with E-state index in [0.717, 1.165) is 36.9 Å². The number of allylic oxidation sites excluding steroid dienone is 1. The van der Waals surface area contributed by atoms with E-state index in [1.807, 2.05) is 12.3 Å². The lowest BCUT2D eigenvalue weighted by atomic mass is 9.46. The number of carbonyl (C=O) groups is 1. The van der Waals surface area contributed by atoms with E-state index in [1.54, 1.807) is 16.8 Å². The van der Waals surface area contributed by atoms with Crippen LogP contribution in [0.25, 0.3) is 11.8 Å². The minimum atomic E-state index is -0.723. The van der Waals surface area contributed by atoms with Crippen LogP contribution in [0.2, 0.25) is 0 Å². The van der Waals surface area contributed by atoms with Crippen LogP contribution in [0.4, 0.5) is 5.69 Å². The molecule has 0 spiro atoms. The summed E-state index contributed by atoms with van der Waals surface area (Å²) in [6, 6.07) is 6.52. The number of nitro benzene ring substituents is 1. The summed E-state index contributed by atoms with van der Waals surface area (Å²) in [6.45, 7) is 4.36. The van der Waals surface area contributed by atoms with Gasteiger partial charge in [0.1, 0.15) is 0 Å². The number of hydrogen-bond acceptors (Lipinski definition) is 5. The third kappa shape index (κ3) is 3.08. The maximum Gasteiger partial charge on any atom is 0.307 e. The van der Waals surface area contributed by atoms with Crippen LogP contribution >= 0.6 is 0 Å². The molecule has 3 saturated carbocycles. The molecule has 35 heavy (non-hydrogen) atoms. The molecule has 0 amide bonds. The van der Waals surface area contributed by atoms with Gasteiger partial charge < -0.3 is 10.2 Å². The van der Waals surface area contributed by atoms with Gasteiger partial charge in [0.25, 0.3) is 5.69 Å². The van der Waals surface area contributed by atoms with Crippen LogP contribution in [0.3, 0.4) is 0 Å². The van der Waals surface area contributed by atoms with Gasteiger partial charge in [-0.2, -0.15) is 5.10 Å². The SMILES string of the molecule is CC12Cc3cnn(-c4cccc([N+](=O)[O-])c4)c3C=C1CCC1C2C(O)CC2(C)C(C(=O)O)CCC12. The number of nitrogens with zero attached hydrogens (tertiary/aromatic N) is 3. The number of rotatable bonds is 3. The minimum absolute atomic E-state index is 0.0326. The summed E-state index contributed by atoms with van der Waals surface area (Å²) < 4.78 is 1.78. The van der Waals surface area contributed by atoms with Crippen LogP contribution in [-0.4, -0.2) is 37.0 Å². The van der Waals surface area contributed by atoms with Crippen molar-refractivity contribution in [3.8, 4) is 5.69 Å². The number of carboxylic acid groups (broad SMARTS) is 1. The van der Waals surface area contributed by atoms with Crippen LogP contribution < -0.4 is 0 Å². The Morgan fingerprint density at radius 3 is 2.80 bits per heavy atom. The lowest BCUT2D eigenvalue weighted by molar-refractivity contribution is -0.384. The average Bonchev–Trinajstić information content (AvgIpc) is 3.36. The number of benzene rings is 1. The van der Waals surface area contributed by atoms with Crippen LogP contribution in [0.15, 0.2) is 36.0 Å². The van der Waals surface area contributed by atoms with E-state index in [0.29, 0.717) is 30.4 Å². The molecule has 2 N–H and O–H groups in total. The average molecular weight is 478 g/mol. The van der Waals surface area contributed by atoms with Gasteiger partial charge in [-0.15, -0.1) is 0 Å². The van der Waals surface area contributed by atoms with Crippen molar-refractivity contribution in [1.82, 2.24) is 9.78 Å². The summed E-state index contributed by atoms with van der Waals surface area (Å²) in [7, 11) is 0. The second kappa shape index (κ2) is 7.50. The maximum atomic E-state index is 12.0. The number of aliphatic hydroxyl groups excluding tert-OH is 1. The fraction of sp³-hybridized carbons (Fsp3) is 0.556. The first-order valence-electron chi connectivity index (χ1n) is 12.6. The zero-order valence-corrected chi connectivity index (χ0v) is 20.1. The predicted octanol–water partition coefficient (Wildman–Crippen LogP) is 4.63. The van der Waals surface area contributed by atoms with Gasteiger partial charge in [-0.1, -0.05) is 25.5 Å². The Hall–Kier alpha value is -3.00. The van der Waals surface area contributed by atoms with Crippen molar-refractivity contribution in [2.45, 2.75) is 58.5 Å². The highest BCUT2D eigenvalue weighted by atomic mass is 16.6. The molecule has 1 aromatic carbocycles. The van der Waals surface area contributed by atoms with Crippen LogP contribution in [0.1, 0.15) is 57.2 Å². The zero-order chi connectivity index (χ0) is 24.7. The predicted molar refractivity (Wildman–Crippen MR) is 129 cm³/mol. The van der Waals surface area contributed by atoms with Gasteiger partial charge in [-0.25, -0.2) is 4.68 Å². The quantitative estimate of drug-likeness (QED) is 0.491. The molecule has 6 rings (SSSR count).